The molecule has 2 atom stereocenters. The maximum absolute atomic E-state index is 12.6. The number of fused-ring (bicyclic) bond motifs is 2. The molecule has 0 spiro atoms. The number of carbonyl (C=O) groups excluding carboxylic acids is 1. The van der Waals surface area contributed by atoms with E-state index in [0.29, 0.717) is 17.9 Å². The van der Waals surface area contributed by atoms with Gasteiger partial charge in [-0.3, -0.25) is 9.08 Å². The molecule has 7 heteroatoms. The smallest absolute Gasteiger partial charge is 0.299 e. The monoisotopic (exact) mass is 404 g/mol. The molecule has 2 unspecified atom stereocenters. The first-order valence-corrected chi connectivity index (χ1v) is 11.5. The van der Waals surface area contributed by atoms with Crippen LogP contribution in [0.3, 0.4) is 0 Å². The van der Waals surface area contributed by atoms with E-state index in [1.54, 1.807) is 6.08 Å². The zero-order chi connectivity index (χ0) is 19.3. The molecular weight excluding hydrogens is 382 g/mol. The molecular formula is C20H22NO4S2. The van der Waals surface area contributed by atoms with Crippen molar-refractivity contribution in [1.82, 2.24) is 0 Å². The van der Waals surface area contributed by atoms with E-state index in [9.17, 15) is 13.2 Å². The molecule has 0 N–H and O–H groups in total. The number of allylic oxidation sites excluding steroid dienone is 6. The molecule has 0 amide bonds. The Kier molecular flexibility index (Phi) is 4.50. The Balaban J connectivity index is 1.47. The second-order valence-electron chi connectivity index (χ2n) is 8.09. The van der Waals surface area contributed by atoms with E-state index < -0.39 is 15.5 Å². The molecule has 1 heterocycles. The largest absolute Gasteiger partial charge is 0.329 e. The highest BCUT2D eigenvalue weighted by Crippen LogP contribution is 2.64. The van der Waals surface area contributed by atoms with Gasteiger partial charge < -0.3 is 0 Å². The second kappa shape index (κ2) is 6.48. The van der Waals surface area contributed by atoms with E-state index >= 15 is 0 Å². The van der Waals surface area contributed by atoms with E-state index in [0.717, 1.165) is 23.3 Å². The molecule has 0 saturated heterocycles. The zero-order valence-corrected chi connectivity index (χ0v) is 17.0. The number of carbonyl (C=O) groups is 1. The standard InChI is InChI=1S/C20H22NO4S2/c1-19(2)15-10-11-20(19,17(22)12-15)13-27(23,24)25-21-18-9-8-16(26-18)14-6-4-3-5-7-14/h3-5,8-9,15H,6,10-13H2,1-2H3. The number of oxime groups is 1. The van der Waals surface area contributed by atoms with E-state index in [4.69, 9.17) is 4.28 Å². The van der Waals surface area contributed by atoms with Crippen molar-refractivity contribution in [2.75, 3.05) is 5.75 Å². The average molecular weight is 405 g/mol. The van der Waals surface area contributed by atoms with Crippen LogP contribution < -0.4 is 0 Å². The van der Waals surface area contributed by atoms with Gasteiger partial charge in [0.05, 0.1) is 5.41 Å². The van der Waals surface area contributed by atoms with E-state index in [1.165, 1.54) is 11.8 Å². The van der Waals surface area contributed by atoms with Gasteiger partial charge in [-0.25, -0.2) is 0 Å². The Labute approximate surface area is 164 Å². The predicted molar refractivity (Wildman–Crippen MR) is 106 cm³/mol. The first-order valence-electron chi connectivity index (χ1n) is 9.10. The first-order chi connectivity index (χ1) is 12.7. The fourth-order valence-electron chi connectivity index (χ4n) is 4.70. The summed E-state index contributed by atoms with van der Waals surface area (Å²) >= 11 is 1.36. The van der Waals surface area contributed by atoms with Crippen LogP contribution in [0, 0.1) is 22.8 Å². The predicted octanol–water partition coefficient (Wildman–Crippen LogP) is 3.92. The van der Waals surface area contributed by atoms with Crippen molar-refractivity contribution in [3.05, 3.63) is 46.9 Å². The van der Waals surface area contributed by atoms with Crippen LogP contribution in [0.15, 0.2) is 46.0 Å². The Morgan fingerprint density at radius 2 is 2.19 bits per heavy atom. The van der Waals surface area contributed by atoms with Gasteiger partial charge in [0.15, 0.2) is 0 Å². The van der Waals surface area contributed by atoms with Crippen LogP contribution in [-0.2, 0) is 19.2 Å². The summed E-state index contributed by atoms with van der Waals surface area (Å²) in [6, 6.07) is 0. The van der Waals surface area contributed by atoms with E-state index in [2.05, 4.69) is 11.2 Å². The number of rotatable bonds is 4. The van der Waals surface area contributed by atoms with Crippen molar-refractivity contribution in [3.8, 4) is 0 Å². The van der Waals surface area contributed by atoms with E-state index in [-0.39, 0.29) is 22.9 Å². The van der Waals surface area contributed by atoms with E-state index in [1.807, 2.05) is 38.2 Å². The SMILES string of the molecule is CC1(C)C2CCC1(CS(=O)(=O)ON=C1C=CC(=C3[C]=CC=CC3)S1)C(=O)C2. The molecule has 0 aromatic heterocycles. The van der Waals surface area contributed by atoms with Crippen LogP contribution in [0.1, 0.15) is 39.5 Å². The number of Topliss-reactive ketones (excluding diaryl/α,β-unsaturated/α-hetero) is 1. The normalized spacial score (nSPS) is 35.6. The second-order valence-corrected chi connectivity index (χ2v) is 10.7. The van der Waals surface area contributed by atoms with Crippen molar-refractivity contribution in [2.24, 2.45) is 21.9 Å². The van der Waals surface area contributed by atoms with Crippen molar-refractivity contribution in [3.63, 3.8) is 0 Å². The molecule has 3 aliphatic carbocycles. The van der Waals surface area contributed by atoms with Crippen LogP contribution in [0.4, 0.5) is 0 Å². The summed E-state index contributed by atoms with van der Waals surface area (Å²) in [4.78, 5) is 13.5. The molecule has 0 aromatic carbocycles. The Hall–Kier alpha value is -1.60. The third-order valence-electron chi connectivity index (χ3n) is 6.50. The third-order valence-corrected chi connectivity index (χ3v) is 8.67. The lowest BCUT2D eigenvalue weighted by molar-refractivity contribution is -0.128. The lowest BCUT2D eigenvalue weighted by Gasteiger charge is -2.35. The molecule has 1 aliphatic heterocycles. The first kappa shape index (κ1) is 18.7. The molecule has 0 aromatic rings. The Morgan fingerprint density at radius 3 is 2.81 bits per heavy atom. The molecule has 5 nitrogen and oxygen atoms in total. The average Bonchev–Trinajstić information content (AvgIpc) is 3.24. The fourth-order valence-corrected chi connectivity index (χ4v) is 7.11. The number of nitrogens with zero attached hydrogens (tertiary/aromatic N) is 1. The van der Waals surface area contributed by atoms with Gasteiger partial charge in [0, 0.05) is 11.3 Å². The topological polar surface area (TPSA) is 72.8 Å². The van der Waals surface area contributed by atoms with Gasteiger partial charge in [-0.15, -0.1) is 0 Å². The summed E-state index contributed by atoms with van der Waals surface area (Å²) in [6.07, 6.45) is 15.4. The Bertz CT molecular complexity index is 937. The van der Waals surface area contributed by atoms with Gasteiger partial charge in [-0.2, -0.15) is 8.42 Å². The van der Waals surface area contributed by atoms with Gasteiger partial charge in [-0.05, 0) is 54.4 Å². The summed E-state index contributed by atoms with van der Waals surface area (Å²) in [5, 5.41) is 4.32. The van der Waals surface area contributed by atoms with Gasteiger partial charge in [0.1, 0.15) is 16.6 Å². The number of thioether (sulfide) groups is 1. The highest BCUT2D eigenvalue weighted by molar-refractivity contribution is 8.18. The van der Waals surface area contributed by atoms with Crippen LogP contribution in [0.25, 0.3) is 0 Å². The molecule has 2 saturated carbocycles. The third kappa shape index (κ3) is 3.14. The summed E-state index contributed by atoms with van der Waals surface area (Å²) in [7, 11) is -3.95. The summed E-state index contributed by atoms with van der Waals surface area (Å²) in [6.45, 7) is 4.02. The summed E-state index contributed by atoms with van der Waals surface area (Å²) in [5.74, 6) is 0.0317. The lowest BCUT2D eigenvalue weighted by Crippen LogP contribution is -2.42. The minimum Gasteiger partial charge on any atom is -0.299 e. The van der Waals surface area contributed by atoms with Gasteiger partial charge in [-0.1, -0.05) is 49.0 Å². The van der Waals surface area contributed by atoms with Gasteiger partial charge in [0.25, 0.3) is 0 Å². The minimum absolute atomic E-state index is 0.0541. The van der Waals surface area contributed by atoms with Crippen molar-refractivity contribution in [1.29, 1.82) is 0 Å². The lowest BCUT2D eigenvalue weighted by atomic mass is 9.70. The van der Waals surface area contributed by atoms with Gasteiger partial charge in [0.2, 0.25) is 0 Å². The highest BCUT2D eigenvalue weighted by atomic mass is 32.2. The summed E-state index contributed by atoms with van der Waals surface area (Å²) < 4.78 is 30.1. The van der Waals surface area contributed by atoms with Crippen LogP contribution in [0.5, 0.6) is 0 Å². The molecule has 4 aliphatic rings. The van der Waals surface area contributed by atoms with Crippen molar-refractivity contribution < 1.29 is 17.5 Å². The van der Waals surface area contributed by atoms with Crippen LogP contribution in [0.2, 0.25) is 0 Å². The molecule has 27 heavy (non-hydrogen) atoms. The fraction of sp³-hybridized carbons (Fsp3) is 0.500. The molecule has 2 fully saturated rings. The molecule has 4 rings (SSSR count). The van der Waals surface area contributed by atoms with Crippen molar-refractivity contribution >= 4 is 32.7 Å². The number of ketones is 1. The number of hydrogen-bond donors (Lipinski definition) is 0. The maximum atomic E-state index is 12.6. The van der Waals surface area contributed by atoms with Crippen LogP contribution >= 0.6 is 11.8 Å². The van der Waals surface area contributed by atoms with Gasteiger partial charge >= 0.3 is 10.1 Å². The molecule has 2 bridgehead atoms. The maximum Gasteiger partial charge on any atom is 0.329 e. The molecule has 143 valence electrons. The molecule has 1 radical (unpaired) electrons. The summed E-state index contributed by atoms with van der Waals surface area (Å²) in [5.41, 5.74) is -0.110. The van der Waals surface area contributed by atoms with Crippen LogP contribution in [-0.4, -0.2) is 25.0 Å². The van der Waals surface area contributed by atoms with Crippen molar-refractivity contribution in [2.45, 2.75) is 39.5 Å². The minimum atomic E-state index is -3.95. The number of hydrogen-bond acceptors (Lipinski definition) is 6. The Morgan fingerprint density at radius 1 is 1.37 bits per heavy atom. The quantitative estimate of drug-likeness (QED) is 0.664. The highest BCUT2D eigenvalue weighted by Gasteiger charge is 2.65. The zero-order valence-electron chi connectivity index (χ0n) is 15.4.